The maximum absolute atomic E-state index is 5.75. The number of hydrogen-bond acceptors (Lipinski definition) is 2. The maximum atomic E-state index is 5.75. The van der Waals surface area contributed by atoms with Crippen LogP contribution in [0.4, 0.5) is 0 Å². The third kappa shape index (κ3) is 7.02. The van der Waals surface area contributed by atoms with Crippen LogP contribution in [0.2, 0.25) is 0 Å². The lowest BCUT2D eigenvalue weighted by molar-refractivity contribution is 0.328. The van der Waals surface area contributed by atoms with E-state index in [4.69, 9.17) is 4.74 Å². The standard InChI is InChI=1S/C16H25N3O.HI/c1-4-17-16(19-14-5-6-14)18-7-8-20-15-10-12(2)9-13(3)11-15;/h9-11,14H,4-8H2,1-3H3,(H2,17,18,19);1H. The van der Waals surface area contributed by atoms with E-state index in [1.54, 1.807) is 0 Å². The Morgan fingerprint density at radius 2 is 1.90 bits per heavy atom. The molecule has 0 bridgehead atoms. The molecular formula is C16H26IN3O. The normalized spacial score (nSPS) is 14.3. The molecule has 118 valence electrons. The molecule has 0 heterocycles. The Morgan fingerprint density at radius 3 is 2.48 bits per heavy atom. The van der Waals surface area contributed by atoms with Crippen molar-refractivity contribution in [3.05, 3.63) is 29.3 Å². The molecule has 1 aromatic rings. The molecule has 1 saturated carbocycles. The second-order valence-corrected chi connectivity index (χ2v) is 5.35. The molecule has 21 heavy (non-hydrogen) atoms. The molecule has 0 spiro atoms. The van der Waals surface area contributed by atoms with Crippen molar-refractivity contribution < 1.29 is 4.74 Å². The summed E-state index contributed by atoms with van der Waals surface area (Å²) in [6.07, 6.45) is 2.51. The molecule has 1 aliphatic rings. The number of guanidine groups is 1. The second kappa shape index (κ2) is 9.12. The number of benzene rings is 1. The van der Waals surface area contributed by atoms with Crippen LogP contribution in [0, 0.1) is 13.8 Å². The van der Waals surface area contributed by atoms with Gasteiger partial charge in [-0.3, -0.25) is 0 Å². The van der Waals surface area contributed by atoms with E-state index in [1.807, 2.05) is 0 Å². The summed E-state index contributed by atoms with van der Waals surface area (Å²) in [5.41, 5.74) is 2.46. The first-order chi connectivity index (χ1) is 9.67. The fourth-order valence-electron chi connectivity index (χ4n) is 2.08. The van der Waals surface area contributed by atoms with Crippen LogP contribution >= 0.6 is 24.0 Å². The third-order valence-electron chi connectivity index (χ3n) is 3.09. The van der Waals surface area contributed by atoms with E-state index >= 15 is 0 Å². The first kappa shape index (κ1) is 18.1. The number of aryl methyl sites for hydroxylation is 2. The van der Waals surface area contributed by atoms with Crippen molar-refractivity contribution in [3.8, 4) is 5.75 Å². The molecule has 0 aliphatic heterocycles. The van der Waals surface area contributed by atoms with Crippen LogP contribution in [-0.4, -0.2) is 31.7 Å². The minimum atomic E-state index is 0. The molecule has 0 radical (unpaired) electrons. The maximum Gasteiger partial charge on any atom is 0.191 e. The fourth-order valence-corrected chi connectivity index (χ4v) is 2.08. The number of rotatable bonds is 6. The molecule has 2 N–H and O–H groups in total. The van der Waals surface area contributed by atoms with Crippen LogP contribution in [-0.2, 0) is 0 Å². The van der Waals surface area contributed by atoms with Crippen molar-refractivity contribution in [3.63, 3.8) is 0 Å². The summed E-state index contributed by atoms with van der Waals surface area (Å²) in [5, 5.41) is 6.65. The van der Waals surface area contributed by atoms with Gasteiger partial charge in [0, 0.05) is 12.6 Å². The van der Waals surface area contributed by atoms with Crippen molar-refractivity contribution in [2.75, 3.05) is 19.7 Å². The summed E-state index contributed by atoms with van der Waals surface area (Å²) in [7, 11) is 0. The van der Waals surface area contributed by atoms with Crippen LogP contribution in [0.25, 0.3) is 0 Å². The highest BCUT2D eigenvalue weighted by molar-refractivity contribution is 14.0. The average molecular weight is 403 g/mol. The quantitative estimate of drug-likeness (QED) is 0.332. The van der Waals surface area contributed by atoms with Crippen LogP contribution < -0.4 is 15.4 Å². The zero-order valence-electron chi connectivity index (χ0n) is 13.1. The minimum absolute atomic E-state index is 0. The Labute approximate surface area is 144 Å². The molecule has 0 unspecified atom stereocenters. The Bertz CT molecular complexity index is 452. The van der Waals surface area contributed by atoms with Crippen molar-refractivity contribution in [2.45, 2.75) is 39.7 Å². The second-order valence-electron chi connectivity index (χ2n) is 5.35. The number of nitrogens with zero attached hydrogens (tertiary/aromatic N) is 1. The van der Waals surface area contributed by atoms with Gasteiger partial charge < -0.3 is 15.4 Å². The first-order valence-corrected chi connectivity index (χ1v) is 7.43. The smallest absolute Gasteiger partial charge is 0.191 e. The molecule has 2 rings (SSSR count). The Balaban J connectivity index is 0.00000220. The van der Waals surface area contributed by atoms with Gasteiger partial charge in [0.05, 0.1) is 6.54 Å². The monoisotopic (exact) mass is 403 g/mol. The van der Waals surface area contributed by atoms with Gasteiger partial charge in [0.1, 0.15) is 12.4 Å². The number of ether oxygens (including phenoxy) is 1. The van der Waals surface area contributed by atoms with Crippen molar-refractivity contribution in [2.24, 2.45) is 4.99 Å². The number of halogens is 1. The highest BCUT2D eigenvalue weighted by atomic mass is 127. The molecule has 4 nitrogen and oxygen atoms in total. The zero-order chi connectivity index (χ0) is 14.4. The summed E-state index contributed by atoms with van der Waals surface area (Å²) < 4.78 is 5.75. The van der Waals surface area contributed by atoms with E-state index < -0.39 is 0 Å². The van der Waals surface area contributed by atoms with E-state index in [1.165, 1.54) is 24.0 Å². The van der Waals surface area contributed by atoms with Crippen LogP contribution in [0.3, 0.4) is 0 Å². The summed E-state index contributed by atoms with van der Waals surface area (Å²) in [6.45, 7) is 8.40. The molecule has 0 saturated heterocycles. The predicted molar refractivity (Wildman–Crippen MR) is 99.0 cm³/mol. The van der Waals surface area contributed by atoms with E-state index in [0.29, 0.717) is 19.2 Å². The Kier molecular flexibility index (Phi) is 7.85. The molecule has 1 aliphatic carbocycles. The molecule has 0 aromatic heterocycles. The van der Waals surface area contributed by atoms with Gasteiger partial charge in [-0.2, -0.15) is 0 Å². The van der Waals surface area contributed by atoms with Gasteiger partial charge in [-0.15, -0.1) is 24.0 Å². The van der Waals surface area contributed by atoms with E-state index in [9.17, 15) is 0 Å². The van der Waals surface area contributed by atoms with Gasteiger partial charge in [0.2, 0.25) is 0 Å². The average Bonchev–Trinajstić information content (AvgIpc) is 3.17. The van der Waals surface area contributed by atoms with Gasteiger partial charge >= 0.3 is 0 Å². The largest absolute Gasteiger partial charge is 0.492 e. The topological polar surface area (TPSA) is 45.7 Å². The van der Waals surface area contributed by atoms with Gasteiger partial charge in [-0.05, 0) is 56.9 Å². The molecule has 1 fully saturated rings. The highest BCUT2D eigenvalue weighted by Crippen LogP contribution is 2.18. The third-order valence-corrected chi connectivity index (χ3v) is 3.09. The lowest BCUT2D eigenvalue weighted by atomic mass is 10.1. The molecular weight excluding hydrogens is 377 g/mol. The van der Waals surface area contributed by atoms with Crippen LogP contribution in [0.15, 0.2) is 23.2 Å². The van der Waals surface area contributed by atoms with Crippen LogP contribution in [0.1, 0.15) is 30.9 Å². The summed E-state index contributed by atoms with van der Waals surface area (Å²) >= 11 is 0. The lowest BCUT2D eigenvalue weighted by Crippen LogP contribution is -2.38. The Hall–Kier alpha value is -0.980. The van der Waals surface area contributed by atoms with Gasteiger partial charge in [0.25, 0.3) is 0 Å². The first-order valence-electron chi connectivity index (χ1n) is 7.43. The molecule has 0 atom stereocenters. The van der Waals surface area contributed by atoms with Crippen LogP contribution in [0.5, 0.6) is 5.75 Å². The van der Waals surface area contributed by atoms with E-state index in [-0.39, 0.29) is 24.0 Å². The van der Waals surface area contributed by atoms with Crippen molar-refractivity contribution in [1.29, 1.82) is 0 Å². The minimum Gasteiger partial charge on any atom is -0.492 e. The van der Waals surface area contributed by atoms with Gasteiger partial charge in [-0.1, -0.05) is 6.07 Å². The van der Waals surface area contributed by atoms with Gasteiger partial charge in [-0.25, -0.2) is 4.99 Å². The van der Waals surface area contributed by atoms with Gasteiger partial charge in [0.15, 0.2) is 5.96 Å². The SMILES string of the molecule is CCNC(=NCCOc1cc(C)cc(C)c1)NC1CC1.I. The van der Waals surface area contributed by atoms with E-state index in [2.05, 4.69) is 54.6 Å². The summed E-state index contributed by atoms with van der Waals surface area (Å²) in [5.74, 6) is 1.83. The van der Waals surface area contributed by atoms with Crippen molar-refractivity contribution in [1.82, 2.24) is 10.6 Å². The molecule has 1 aromatic carbocycles. The van der Waals surface area contributed by atoms with Crippen molar-refractivity contribution >= 4 is 29.9 Å². The predicted octanol–water partition coefficient (Wildman–Crippen LogP) is 3.02. The highest BCUT2D eigenvalue weighted by Gasteiger charge is 2.21. The summed E-state index contributed by atoms with van der Waals surface area (Å²) in [6, 6.07) is 6.89. The lowest BCUT2D eigenvalue weighted by Gasteiger charge is -2.11. The number of aliphatic imine (C=N–C) groups is 1. The molecule has 0 amide bonds. The summed E-state index contributed by atoms with van der Waals surface area (Å²) in [4.78, 5) is 4.52. The molecule has 5 heteroatoms. The van der Waals surface area contributed by atoms with E-state index in [0.717, 1.165) is 18.3 Å². The number of hydrogen-bond donors (Lipinski definition) is 2. The Morgan fingerprint density at radius 1 is 1.24 bits per heavy atom. The zero-order valence-corrected chi connectivity index (χ0v) is 15.4. The number of nitrogens with one attached hydrogen (secondary N) is 2. The fraction of sp³-hybridized carbons (Fsp3) is 0.562.